The summed E-state index contributed by atoms with van der Waals surface area (Å²) >= 11 is 6.65. The van der Waals surface area contributed by atoms with Crippen LogP contribution in [0.5, 0.6) is 5.88 Å². The molecule has 2 aliphatic rings. The summed E-state index contributed by atoms with van der Waals surface area (Å²) in [5.74, 6) is 0.491. The van der Waals surface area contributed by atoms with Gasteiger partial charge in [0.1, 0.15) is 6.54 Å². The average Bonchev–Trinajstić information content (AvgIpc) is 3.70. The molecule has 2 aromatic rings. The summed E-state index contributed by atoms with van der Waals surface area (Å²) in [6.07, 6.45) is 6.24. The lowest BCUT2D eigenvalue weighted by Gasteiger charge is -2.19. The van der Waals surface area contributed by atoms with Gasteiger partial charge in [-0.3, -0.25) is 14.4 Å². The number of aryl methyl sites for hydroxylation is 1. The van der Waals surface area contributed by atoms with E-state index in [2.05, 4.69) is 22.2 Å². The van der Waals surface area contributed by atoms with Crippen molar-refractivity contribution >= 4 is 35.0 Å². The van der Waals surface area contributed by atoms with E-state index < -0.39 is 5.97 Å². The molecule has 2 heterocycles. The number of likely N-dealkylation sites (tertiary alicyclic amines) is 1. The molecule has 1 saturated carbocycles. The fourth-order valence-corrected chi connectivity index (χ4v) is 4.79. The molecule has 4 rings (SSSR count). The van der Waals surface area contributed by atoms with Crippen molar-refractivity contribution in [2.24, 2.45) is 0 Å². The molecule has 1 saturated heterocycles. The van der Waals surface area contributed by atoms with E-state index >= 15 is 0 Å². The molecule has 1 aromatic carbocycles. The first-order valence-corrected chi connectivity index (χ1v) is 12.8. The number of likely N-dealkylation sites (N-methyl/N-ethyl adjacent to an activating group) is 1. The first-order valence-electron chi connectivity index (χ1n) is 12.5. The van der Waals surface area contributed by atoms with Crippen LogP contribution in [0, 0.1) is 0 Å². The SMILES string of the molecule is COC(=O)CNC(=O)CCc1ccc(/C(=C\[C@H]2CCC(=O)N2C)c2ccc(C3CC3)c(OC)n2)cc1Cl. The maximum Gasteiger partial charge on any atom is 0.325 e. The summed E-state index contributed by atoms with van der Waals surface area (Å²) in [7, 11) is 4.73. The lowest BCUT2D eigenvalue weighted by atomic mass is 9.96. The summed E-state index contributed by atoms with van der Waals surface area (Å²) in [6, 6.07) is 9.77. The second-order valence-electron chi connectivity index (χ2n) is 9.42. The third kappa shape index (κ3) is 6.49. The van der Waals surface area contributed by atoms with Crippen molar-refractivity contribution in [1.82, 2.24) is 15.2 Å². The predicted octanol–water partition coefficient (Wildman–Crippen LogP) is 3.90. The molecule has 1 atom stereocenters. The molecule has 8 nitrogen and oxygen atoms in total. The van der Waals surface area contributed by atoms with Crippen LogP contribution < -0.4 is 10.1 Å². The maximum atomic E-state index is 12.2. The molecule has 2 fully saturated rings. The van der Waals surface area contributed by atoms with E-state index in [0.29, 0.717) is 29.7 Å². The Morgan fingerprint density at radius 1 is 1.19 bits per heavy atom. The Morgan fingerprint density at radius 3 is 2.59 bits per heavy atom. The lowest BCUT2D eigenvalue weighted by Crippen LogP contribution is -2.30. The van der Waals surface area contributed by atoms with Gasteiger partial charge in [-0.05, 0) is 54.9 Å². The van der Waals surface area contributed by atoms with Gasteiger partial charge in [-0.2, -0.15) is 0 Å². The molecule has 1 aliphatic carbocycles. The van der Waals surface area contributed by atoms with Crippen molar-refractivity contribution in [3.63, 3.8) is 0 Å². The van der Waals surface area contributed by atoms with Gasteiger partial charge in [-0.25, -0.2) is 4.98 Å². The van der Waals surface area contributed by atoms with Gasteiger partial charge >= 0.3 is 5.97 Å². The van der Waals surface area contributed by atoms with Gasteiger partial charge in [0.25, 0.3) is 0 Å². The highest BCUT2D eigenvalue weighted by Crippen LogP contribution is 2.44. The van der Waals surface area contributed by atoms with E-state index in [1.807, 2.05) is 31.3 Å². The molecule has 0 bridgehead atoms. The first kappa shape index (κ1) is 26.7. The fraction of sp³-hybridized carbons (Fsp3) is 0.429. The van der Waals surface area contributed by atoms with E-state index in [1.165, 1.54) is 7.11 Å². The summed E-state index contributed by atoms with van der Waals surface area (Å²) in [4.78, 5) is 42.1. The smallest absolute Gasteiger partial charge is 0.325 e. The van der Waals surface area contributed by atoms with E-state index in [9.17, 15) is 14.4 Å². The minimum atomic E-state index is -0.500. The third-order valence-corrected chi connectivity index (χ3v) is 7.27. The minimum absolute atomic E-state index is 0.0460. The summed E-state index contributed by atoms with van der Waals surface area (Å²) in [6.45, 7) is -0.162. The van der Waals surface area contributed by atoms with E-state index in [4.69, 9.17) is 21.3 Å². The van der Waals surface area contributed by atoms with E-state index in [0.717, 1.165) is 47.2 Å². The molecule has 1 aromatic heterocycles. The number of hydrogen-bond acceptors (Lipinski definition) is 6. The highest BCUT2D eigenvalue weighted by Gasteiger charge is 2.29. The maximum absolute atomic E-state index is 12.2. The Kier molecular flexibility index (Phi) is 8.48. The number of pyridine rings is 1. The van der Waals surface area contributed by atoms with Crippen molar-refractivity contribution in [3.8, 4) is 5.88 Å². The fourth-order valence-electron chi connectivity index (χ4n) is 4.51. The Labute approximate surface area is 222 Å². The van der Waals surface area contributed by atoms with Gasteiger partial charge in [0.15, 0.2) is 0 Å². The zero-order valence-electron chi connectivity index (χ0n) is 21.4. The third-order valence-electron chi connectivity index (χ3n) is 6.92. The number of methoxy groups -OCH3 is 2. The molecular weight excluding hydrogens is 494 g/mol. The van der Waals surface area contributed by atoms with Crippen LogP contribution in [0.3, 0.4) is 0 Å². The van der Waals surface area contributed by atoms with Crippen molar-refractivity contribution in [2.75, 3.05) is 27.8 Å². The van der Waals surface area contributed by atoms with Crippen LogP contribution in [-0.4, -0.2) is 61.5 Å². The van der Waals surface area contributed by atoms with Gasteiger partial charge in [-0.15, -0.1) is 0 Å². The molecular formula is C28H32ClN3O5. The zero-order chi connectivity index (χ0) is 26.5. The van der Waals surface area contributed by atoms with Crippen LogP contribution in [-0.2, 0) is 25.5 Å². The summed E-state index contributed by atoms with van der Waals surface area (Å²) < 4.78 is 10.2. The molecule has 196 valence electrons. The van der Waals surface area contributed by atoms with Crippen molar-refractivity contribution in [2.45, 2.75) is 50.5 Å². The molecule has 1 N–H and O–H groups in total. The normalized spacial score (nSPS) is 17.6. The van der Waals surface area contributed by atoms with Crippen LogP contribution in [0.1, 0.15) is 60.4 Å². The van der Waals surface area contributed by atoms with Gasteiger partial charge in [-0.1, -0.05) is 35.9 Å². The van der Waals surface area contributed by atoms with Crippen LogP contribution in [0.25, 0.3) is 5.57 Å². The number of rotatable bonds is 10. The number of halogens is 1. The zero-order valence-corrected chi connectivity index (χ0v) is 22.1. The minimum Gasteiger partial charge on any atom is -0.481 e. The van der Waals surface area contributed by atoms with Gasteiger partial charge < -0.3 is 19.7 Å². The molecule has 2 amide bonds. The Morgan fingerprint density at radius 2 is 1.97 bits per heavy atom. The van der Waals surface area contributed by atoms with Crippen LogP contribution in [0.15, 0.2) is 36.4 Å². The molecule has 9 heteroatoms. The Balaban J connectivity index is 1.59. The number of benzene rings is 1. The number of amides is 2. The van der Waals surface area contributed by atoms with Gasteiger partial charge in [0, 0.05) is 36.0 Å². The highest BCUT2D eigenvalue weighted by molar-refractivity contribution is 6.31. The summed E-state index contributed by atoms with van der Waals surface area (Å²) in [5, 5.41) is 3.06. The predicted molar refractivity (Wildman–Crippen MR) is 140 cm³/mol. The van der Waals surface area contributed by atoms with Crippen molar-refractivity contribution < 1.29 is 23.9 Å². The topological polar surface area (TPSA) is 97.8 Å². The quantitative estimate of drug-likeness (QED) is 0.472. The number of carbonyl (C=O) groups excluding carboxylic acids is 3. The van der Waals surface area contributed by atoms with Gasteiger partial charge in [0.05, 0.1) is 26.0 Å². The largest absolute Gasteiger partial charge is 0.481 e. The second kappa shape index (κ2) is 11.8. The van der Waals surface area contributed by atoms with Crippen LogP contribution in [0.2, 0.25) is 5.02 Å². The molecule has 1 aliphatic heterocycles. The Bertz CT molecular complexity index is 1220. The highest BCUT2D eigenvalue weighted by atomic mass is 35.5. The number of esters is 1. The Hall–Kier alpha value is -3.39. The number of aromatic nitrogens is 1. The monoisotopic (exact) mass is 525 g/mol. The van der Waals surface area contributed by atoms with E-state index in [-0.39, 0.29) is 30.8 Å². The number of carbonyl (C=O) groups is 3. The molecule has 37 heavy (non-hydrogen) atoms. The first-order chi connectivity index (χ1) is 17.8. The van der Waals surface area contributed by atoms with Gasteiger partial charge in [0.2, 0.25) is 17.7 Å². The van der Waals surface area contributed by atoms with E-state index in [1.54, 1.807) is 12.0 Å². The lowest BCUT2D eigenvalue weighted by molar-refractivity contribution is -0.141. The molecule has 0 unspecified atom stereocenters. The van der Waals surface area contributed by atoms with Crippen LogP contribution >= 0.6 is 11.6 Å². The number of ether oxygens (including phenoxy) is 2. The van der Waals surface area contributed by atoms with Crippen molar-refractivity contribution in [1.29, 1.82) is 0 Å². The number of nitrogens with zero attached hydrogens (tertiary/aromatic N) is 2. The molecule has 0 radical (unpaired) electrons. The molecule has 0 spiro atoms. The van der Waals surface area contributed by atoms with Crippen molar-refractivity contribution in [3.05, 3.63) is 63.8 Å². The second-order valence-corrected chi connectivity index (χ2v) is 9.83. The number of hydrogen-bond donors (Lipinski definition) is 1. The summed E-state index contributed by atoms with van der Waals surface area (Å²) in [5.41, 5.74) is 4.43. The number of nitrogens with one attached hydrogen (secondary N) is 1. The standard InChI is InChI=1S/C28H32ClN3O5/c1-32-20(9-13-26(32)34)15-22(24-11-10-21(17-4-5-17)28(31-24)37-3)19-7-6-18(23(29)14-19)8-12-25(33)30-16-27(35)36-2/h6-7,10-11,14-15,17,20H,4-5,8-9,12-13,16H2,1-3H3,(H,30,33)/b22-15+/t20-/m1/s1. The average molecular weight is 526 g/mol. The van der Waals surface area contributed by atoms with Crippen LogP contribution in [0.4, 0.5) is 0 Å².